The molecule has 0 spiro atoms. The lowest BCUT2D eigenvalue weighted by atomic mass is 10.1. The molecule has 0 aliphatic heterocycles. The van der Waals surface area contributed by atoms with Gasteiger partial charge in [0.25, 0.3) is 0 Å². The smallest absolute Gasteiger partial charge is 0.205 e. The molecule has 0 bridgehead atoms. The van der Waals surface area contributed by atoms with E-state index in [9.17, 15) is 0 Å². The standard InChI is InChI=1S/C15H21N5/c1-11(2)19-15(20-16)18-10-8-13-6-3-5-12-7-4-9-17-14(12)13/h3-7,9,11H,8,10,16H2,1-2H3,(H2,18,19,20). The average molecular weight is 271 g/mol. The van der Waals surface area contributed by atoms with Gasteiger partial charge in [0.2, 0.25) is 5.96 Å². The number of fused-ring (bicyclic) bond motifs is 1. The van der Waals surface area contributed by atoms with Crippen molar-refractivity contribution >= 4 is 16.9 Å². The highest BCUT2D eigenvalue weighted by molar-refractivity contribution is 5.82. The van der Waals surface area contributed by atoms with Crippen LogP contribution in [-0.4, -0.2) is 23.5 Å². The molecular weight excluding hydrogens is 250 g/mol. The summed E-state index contributed by atoms with van der Waals surface area (Å²) >= 11 is 0. The van der Waals surface area contributed by atoms with E-state index >= 15 is 0 Å². The van der Waals surface area contributed by atoms with E-state index in [1.807, 2.05) is 26.1 Å². The van der Waals surface area contributed by atoms with E-state index in [-0.39, 0.29) is 0 Å². The van der Waals surface area contributed by atoms with Gasteiger partial charge in [0.1, 0.15) is 0 Å². The predicted molar refractivity (Wildman–Crippen MR) is 83.3 cm³/mol. The van der Waals surface area contributed by atoms with Crippen molar-refractivity contribution in [1.82, 2.24) is 15.7 Å². The summed E-state index contributed by atoms with van der Waals surface area (Å²) in [5, 5.41) is 4.31. The van der Waals surface area contributed by atoms with Crippen molar-refractivity contribution in [2.24, 2.45) is 10.8 Å². The van der Waals surface area contributed by atoms with E-state index in [0.29, 0.717) is 18.5 Å². The maximum atomic E-state index is 5.44. The molecule has 5 nitrogen and oxygen atoms in total. The van der Waals surface area contributed by atoms with Gasteiger partial charge in [-0.05, 0) is 31.9 Å². The molecule has 5 heteroatoms. The van der Waals surface area contributed by atoms with Crippen molar-refractivity contribution in [3.05, 3.63) is 42.1 Å². The van der Waals surface area contributed by atoms with Gasteiger partial charge in [-0.15, -0.1) is 0 Å². The van der Waals surface area contributed by atoms with Crippen LogP contribution in [0, 0.1) is 0 Å². The van der Waals surface area contributed by atoms with Gasteiger partial charge in [0.05, 0.1) is 5.52 Å². The first-order valence-electron chi connectivity index (χ1n) is 6.81. The van der Waals surface area contributed by atoms with Gasteiger partial charge in [-0.1, -0.05) is 24.3 Å². The summed E-state index contributed by atoms with van der Waals surface area (Å²) in [7, 11) is 0. The Morgan fingerprint density at radius 1 is 1.30 bits per heavy atom. The van der Waals surface area contributed by atoms with Gasteiger partial charge in [0, 0.05) is 24.2 Å². The van der Waals surface area contributed by atoms with Crippen LogP contribution in [0.2, 0.25) is 0 Å². The third-order valence-electron chi connectivity index (χ3n) is 2.93. The Bertz CT molecular complexity index is 586. The Morgan fingerprint density at radius 3 is 2.85 bits per heavy atom. The molecule has 1 aromatic heterocycles. The molecular formula is C15H21N5. The van der Waals surface area contributed by atoms with E-state index in [1.54, 1.807) is 0 Å². The number of nitrogens with zero attached hydrogens (tertiary/aromatic N) is 2. The zero-order chi connectivity index (χ0) is 14.4. The quantitative estimate of drug-likeness (QED) is 0.342. The summed E-state index contributed by atoms with van der Waals surface area (Å²) in [6, 6.07) is 10.5. The topological polar surface area (TPSA) is 75.3 Å². The van der Waals surface area contributed by atoms with Crippen LogP contribution in [0.15, 0.2) is 41.5 Å². The van der Waals surface area contributed by atoms with E-state index in [1.165, 1.54) is 5.56 Å². The normalized spacial score (nSPS) is 11.9. The Labute approximate surface area is 119 Å². The number of hydrazine groups is 1. The minimum absolute atomic E-state index is 0.295. The molecule has 0 amide bonds. The number of benzene rings is 1. The number of nitrogens with two attached hydrogens (primary N) is 1. The minimum Gasteiger partial charge on any atom is -0.353 e. The number of hydrogen-bond donors (Lipinski definition) is 3. The molecule has 1 heterocycles. The molecule has 20 heavy (non-hydrogen) atoms. The zero-order valence-electron chi connectivity index (χ0n) is 11.9. The van der Waals surface area contributed by atoms with Crippen molar-refractivity contribution in [1.29, 1.82) is 0 Å². The van der Waals surface area contributed by atoms with Crippen LogP contribution in [0.4, 0.5) is 0 Å². The maximum Gasteiger partial charge on any atom is 0.205 e. The Hall–Kier alpha value is -2.14. The summed E-state index contributed by atoms with van der Waals surface area (Å²) in [5.41, 5.74) is 4.83. The molecule has 0 aliphatic carbocycles. The highest BCUT2D eigenvalue weighted by Crippen LogP contribution is 2.16. The lowest BCUT2D eigenvalue weighted by Gasteiger charge is -2.12. The van der Waals surface area contributed by atoms with Crippen LogP contribution >= 0.6 is 0 Å². The first kappa shape index (κ1) is 14.3. The third kappa shape index (κ3) is 3.68. The Balaban J connectivity index is 2.07. The van der Waals surface area contributed by atoms with E-state index in [0.717, 1.165) is 17.3 Å². The summed E-state index contributed by atoms with van der Waals surface area (Å²) in [6.07, 6.45) is 2.65. The van der Waals surface area contributed by atoms with Crippen molar-refractivity contribution in [3.8, 4) is 0 Å². The molecule has 2 aromatic rings. The van der Waals surface area contributed by atoms with Crippen LogP contribution in [0.1, 0.15) is 19.4 Å². The van der Waals surface area contributed by atoms with Gasteiger partial charge in [0.15, 0.2) is 0 Å². The molecule has 0 unspecified atom stereocenters. The van der Waals surface area contributed by atoms with Gasteiger partial charge >= 0.3 is 0 Å². The highest BCUT2D eigenvalue weighted by atomic mass is 15.3. The number of hydrogen-bond acceptors (Lipinski definition) is 3. The van der Waals surface area contributed by atoms with Gasteiger partial charge in [-0.3, -0.25) is 15.4 Å². The fourth-order valence-electron chi connectivity index (χ4n) is 2.06. The van der Waals surface area contributed by atoms with Gasteiger partial charge in [-0.25, -0.2) is 5.84 Å². The molecule has 4 N–H and O–H groups in total. The molecule has 106 valence electrons. The van der Waals surface area contributed by atoms with E-state index in [2.05, 4.69) is 45.0 Å². The lowest BCUT2D eigenvalue weighted by Crippen LogP contribution is -2.44. The third-order valence-corrected chi connectivity index (χ3v) is 2.93. The Morgan fingerprint density at radius 2 is 2.10 bits per heavy atom. The fourth-order valence-corrected chi connectivity index (χ4v) is 2.06. The number of para-hydroxylation sites is 1. The number of aromatic nitrogens is 1. The number of aliphatic imine (C=N–C) groups is 1. The Kier molecular flexibility index (Phi) is 4.90. The second-order valence-electron chi connectivity index (χ2n) is 4.92. The molecule has 0 saturated carbocycles. The number of rotatable bonds is 4. The molecule has 1 aromatic carbocycles. The second kappa shape index (κ2) is 6.86. The monoisotopic (exact) mass is 271 g/mol. The molecule has 0 aliphatic rings. The van der Waals surface area contributed by atoms with Gasteiger partial charge < -0.3 is 5.32 Å². The van der Waals surface area contributed by atoms with E-state index in [4.69, 9.17) is 5.84 Å². The van der Waals surface area contributed by atoms with Crippen LogP contribution in [0.25, 0.3) is 10.9 Å². The molecule has 0 saturated heterocycles. The van der Waals surface area contributed by atoms with Crippen molar-refractivity contribution < 1.29 is 0 Å². The SMILES string of the molecule is CC(C)NC(=NCCc1cccc2cccnc12)NN. The fraction of sp³-hybridized carbons (Fsp3) is 0.333. The van der Waals surface area contributed by atoms with Crippen molar-refractivity contribution in [3.63, 3.8) is 0 Å². The maximum absolute atomic E-state index is 5.44. The zero-order valence-corrected chi connectivity index (χ0v) is 11.9. The lowest BCUT2D eigenvalue weighted by molar-refractivity contribution is 0.702. The molecule has 0 atom stereocenters. The summed E-state index contributed by atoms with van der Waals surface area (Å²) in [5.74, 6) is 6.05. The van der Waals surface area contributed by atoms with Crippen LogP contribution in [0.5, 0.6) is 0 Å². The molecule has 0 radical (unpaired) electrons. The first-order chi connectivity index (χ1) is 9.70. The first-order valence-corrected chi connectivity index (χ1v) is 6.81. The average Bonchev–Trinajstić information content (AvgIpc) is 2.46. The van der Waals surface area contributed by atoms with Crippen molar-refractivity contribution in [2.45, 2.75) is 26.3 Å². The summed E-state index contributed by atoms with van der Waals surface area (Å²) in [4.78, 5) is 8.87. The van der Waals surface area contributed by atoms with Crippen LogP contribution < -0.4 is 16.6 Å². The molecule has 2 rings (SSSR count). The second-order valence-corrected chi connectivity index (χ2v) is 4.92. The number of pyridine rings is 1. The van der Waals surface area contributed by atoms with E-state index < -0.39 is 0 Å². The van der Waals surface area contributed by atoms with Crippen LogP contribution in [0.3, 0.4) is 0 Å². The van der Waals surface area contributed by atoms with Gasteiger partial charge in [-0.2, -0.15) is 0 Å². The highest BCUT2D eigenvalue weighted by Gasteiger charge is 2.02. The van der Waals surface area contributed by atoms with Crippen molar-refractivity contribution in [2.75, 3.05) is 6.54 Å². The number of guanidine groups is 1. The summed E-state index contributed by atoms with van der Waals surface area (Å²) < 4.78 is 0. The molecule has 0 fully saturated rings. The van der Waals surface area contributed by atoms with Crippen LogP contribution in [-0.2, 0) is 6.42 Å². The number of nitrogens with one attached hydrogen (secondary N) is 2. The largest absolute Gasteiger partial charge is 0.353 e. The minimum atomic E-state index is 0.295. The predicted octanol–water partition coefficient (Wildman–Crippen LogP) is 1.59. The summed E-state index contributed by atoms with van der Waals surface area (Å²) in [6.45, 7) is 4.75.